The summed E-state index contributed by atoms with van der Waals surface area (Å²) in [4.78, 5) is 37.4. The average Bonchev–Trinajstić information content (AvgIpc) is 3.53. The van der Waals surface area contributed by atoms with Crippen molar-refractivity contribution in [1.29, 1.82) is 0 Å². The number of ether oxygens (including phenoxy) is 1. The minimum atomic E-state index is -1.04. The summed E-state index contributed by atoms with van der Waals surface area (Å²) >= 11 is 0. The number of nitrogens with zero attached hydrogens (tertiary/aromatic N) is 3. The number of rotatable bonds is 6. The molecule has 0 aliphatic carbocycles. The number of aromatic nitrogens is 1. The van der Waals surface area contributed by atoms with Crippen molar-refractivity contribution in [3.63, 3.8) is 0 Å². The van der Waals surface area contributed by atoms with E-state index in [0.29, 0.717) is 13.0 Å². The van der Waals surface area contributed by atoms with Crippen LogP contribution >= 0.6 is 0 Å². The molecular formula is C29H34N4O4. The van der Waals surface area contributed by atoms with Gasteiger partial charge in [0, 0.05) is 29.6 Å². The highest BCUT2D eigenvalue weighted by Gasteiger charge is 2.55. The number of phenolic OH excluding ortho intramolecular Hbond substituents is 1. The highest BCUT2D eigenvalue weighted by molar-refractivity contribution is 6.00. The van der Waals surface area contributed by atoms with Crippen molar-refractivity contribution in [3.8, 4) is 11.5 Å². The summed E-state index contributed by atoms with van der Waals surface area (Å²) in [6, 6.07) is 12.4. The minimum absolute atomic E-state index is 0.0124. The summed E-state index contributed by atoms with van der Waals surface area (Å²) in [7, 11) is 1.64. The van der Waals surface area contributed by atoms with Gasteiger partial charge in [0.25, 0.3) is 0 Å². The van der Waals surface area contributed by atoms with Crippen LogP contribution in [0.1, 0.15) is 49.0 Å². The lowest BCUT2D eigenvalue weighted by Gasteiger charge is -2.53. The van der Waals surface area contributed by atoms with Gasteiger partial charge in [-0.3, -0.25) is 9.59 Å². The number of hydrogen-bond acceptors (Lipinski definition) is 5. The Balaban J connectivity index is 1.41. The number of benzene rings is 2. The van der Waals surface area contributed by atoms with Crippen molar-refractivity contribution < 1.29 is 19.4 Å². The number of aromatic amines is 1. The number of hydrogen-bond donors (Lipinski definition) is 2. The van der Waals surface area contributed by atoms with Gasteiger partial charge in [0.1, 0.15) is 17.0 Å². The van der Waals surface area contributed by atoms with Crippen LogP contribution in [-0.2, 0) is 16.0 Å². The van der Waals surface area contributed by atoms with Crippen LogP contribution in [0, 0.1) is 0 Å². The number of nitrogens with one attached hydrogen (secondary N) is 1. The van der Waals surface area contributed by atoms with Gasteiger partial charge in [-0.05, 0) is 87.3 Å². The number of carbonyl (C=O) groups excluding carboxylic acids is 2. The molecule has 3 aromatic rings. The van der Waals surface area contributed by atoms with Crippen LogP contribution in [0.3, 0.4) is 0 Å². The first-order valence-corrected chi connectivity index (χ1v) is 13.2. The minimum Gasteiger partial charge on any atom is -0.508 e. The number of phenols is 1. The molecule has 1 aromatic heterocycles. The molecule has 2 unspecified atom stereocenters. The van der Waals surface area contributed by atoms with Crippen LogP contribution in [0.25, 0.3) is 10.9 Å². The van der Waals surface area contributed by atoms with E-state index in [0.717, 1.165) is 59.5 Å². The second-order valence-corrected chi connectivity index (χ2v) is 10.8. The maximum Gasteiger partial charge on any atom is 0.249 e. The second kappa shape index (κ2) is 9.10. The quantitative estimate of drug-likeness (QED) is 0.539. The molecular weight excluding hydrogens is 468 g/mol. The first kappa shape index (κ1) is 23.9. The third kappa shape index (κ3) is 3.94. The number of likely N-dealkylation sites (tertiary alicyclic amines) is 1. The monoisotopic (exact) mass is 502 g/mol. The van der Waals surface area contributed by atoms with E-state index >= 15 is 0 Å². The molecule has 2 saturated heterocycles. The SMILES string of the molecule is COc1ccc2[nH]c3c(c2c1)CC1(C)C(=O)N(CCCN2CCCC2)CC(=O)N1C3c1cccc(O)c1. The molecule has 0 bridgehead atoms. The van der Waals surface area contributed by atoms with Gasteiger partial charge in [-0.15, -0.1) is 0 Å². The van der Waals surface area contributed by atoms with Crippen LogP contribution in [0.15, 0.2) is 42.5 Å². The molecule has 2 atom stereocenters. The number of H-pyrrole nitrogens is 1. The first-order chi connectivity index (χ1) is 17.9. The summed E-state index contributed by atoms with van der Waals surface area (Å²) in [6.07, 6.45) is 3.75. The fraction of sp³-hybridized carbons (Fsp3) is 0.448. The van der Waals surface area contributed by atoms with E-state index in [1.165, 1.54) is 12.8 Å². The van der Waals surface area contributed by atoms with Crippen LogP contribution in [-0.4, -0.2) is 82.0 Å². The largest absolute Gasteiger partial charge is 0.508 e. The molecule has 3 aliphatic rings. The van der Waals surface area contributed by atoms with Gasteiger partial charge in [0.05, 0.1) is 19.7 Å². The number of fused-ring (bicyclic) bond motifs is 4. The van der Waals surface area contributed by atoms with E-state index in [9.17, 15) is 14.7 Å². The van der Waals surface area contributed by atoms with E-state index in [-0.39, 0.29) is 24.1 Å². The molecule has 3 aliphatic heterocycles. The number of carbonyl (C=O) groups is 2. The normalized spacial score (nSPS) is 24.0. The van der Waals surface area contributed by atoms with E-state index < -0.39 is 11.6 Å². The van der Waals surface area contributed by atoms with Crippen molar-refractivity contribution in [2.45, 2.75) is 44.2 Å². The van der Waals surface area contributed by atoms with Gasteiger partial charge >= 0.3 is 0 Å². The fourth-order valence-electron chi connectivity index (χ4n) is 6.57. The van der Waals surface area contributed by atoms with Crippen LogP contribution < -0.4 is 4.74 Å². The maximum atomic E-state index is 14.1. The summed E-state index contributed by atoms with van der Waals surface area (Å²) in [5.74, 6) is 0.786. The predicted molar refractivity (Wildman–Crippen MR) is 141 cm³/mol. The number of piperazine rings is 1. The van der Waals surface area contributed by atoms with E-state index in [1.54, 1.807) is 35.1 Å². The molecule has 8 heteroatoms. The topological polar surface area (TPSA) is 89.1 Å². The van der Waals surface area contributed by atoms with Crippen molar-refractivity contribution >= 4 is 22.7 Å². The molecule has 0 spiro atoms. The standard InChI is InChI=1S/C29H34N4O4/c1-29-17-23-22-16-21(37-2)9-10-24(22)30-26(23)27(19-7-5-8-20(34)15-19)33(29)25(35)18-32(28(29)36)14-6-13-31-11-3-4-12-31/h5,7-10,15-16,27,30,34H,3-4,6,11-14,17-18H2,1-2H3. The predicted octanol–water partition coefficient (Wildman–Crippen LogP) is 3.44. The Morgan fingerprint density at radius 2 is 1.92 bits per heavy atom. The molecule has 4 heterocycles. The molecule has 37 heavy (non-hydrogen) atoms. The lowest BCUT2D eigenvalue weighted by molar-refractivity contribution is -0.167. The lowest BCUT2D eigenvalue weighted by Crippen LogP contribution is -2.69. The van der Waals surface area contributed by atoms with Crippen LogP contribution in [0.5, 0.6) is 11.5 Å². The molecule has 8 nitrogen and oxygen atoms in total. The third-order valence-corrected chi connectivity index (χ3v) is 8.36. The Bertz CT molecular complexity index is 1360. The van der Waals surface area contributed by atoms with Gasteiger partial charge < -0.3 is 29.5 Å². The molecule has 2 amide bonds. The second-order valence-electron chi connectivity index (χ2n) is 10.8. The number of methoxy groups -OCH3 is 1. The van der Waals surface area contributed by atoms with Gasteiger partial charge in [-0.1, -0.05) is 12.1 Å². The summed E-state index contributed by atoms with van der Waals surface area (Å²) < 4.78 is 5.49. The fourth-order valence-corrected chi connectivity index (χ4v) is 6.57. The molecule has 2 N–H and O–H groups in total. The molecule has 2 fully saturated rings. The zero-order valence-electron chi connectivity index (χ0n) is 21.5. The lowest BCUT2D eigenvalue weighted by atomic mass is 9.78. The average molecular weight is 503 g/mol. The Labute approximate surface area is 216 Å². The van der Waals surface area contributed by atoms with Gasteiger partial charge in [0.2, 0.25) is 11.8 Å². The highest BCUT2D eigenvalue weighted by atomic mass is 16.5. The third-order valence-electron chi connectivity index (χ3n) is 8.36. The molecule has 194 valence electrons. The summed E-state index contributed by atoms with van der Waals surface area (Å²) in [5.41, 5.74) is 2.57. The number of amides is 2. The maximum absolute atomic E-state index is 14.1. The Morgan fingerprint density at radius 1 is 1.11 bits per heavy atom. The van der Waals surface area contributed by atoms with E-state index in [2.05, 4.69) is 9.88 Å². The Morgan fingerprint density at radius 3 is 2.68 bits per heavy atom. The molecule has 6 rings (SSSR count). The van der Waals surface area contributed by atoms with Crippen molar-refractivity contribution in [3.05, 3.63) is 59.3 Å². The van der Waals surface area contributed by atoms with Gasteiger partial charge in [-0.25, -0.2) is 0 Å². The molecule has 0 saturated carbocycles. The van der Waals surface area contributed by atoms with E-state index in [1.807, 2.05) is 31.2 Å². The summed E-state index contributed by atoms with van der Waals surface area (Å²) in [6.45, 7) is 5.75. The van der Waals surface area contributed by atoms with Crippen molar-refractivity contribution in [1.82, 2.24) is 19.7 Å². The molecule has 2 aromatic carbocycles. The van der Waals surface area contributed by atoms with Gasteiger partial charge in [-0.2, -0.15) is 0 Å². The highest BCUT2D eigenvalue weighted by Crippen LogP contribution is 2.47. The smallest absolute Gasteiger partial charge is 0.249 e. The Kier molecular flexibility index (Phi) is 5.87. The summed E-state index contributed by atoms with van der Waals surface area (Å²) in [5, 5.41) is 11.3. The van der Waals surface area contributed by atoms with Crippen LogP contribution in [0.4, 0.5) is 0 Å². The van der Waals surface area contributed by atoms with Crippen molar-refractivity contribution in [2.75, 3.05) is 39.8 Å². The Hall–Kier alpha value is -3.52. The van der Waals surface area contributed by atoms with Crippen LogP contribution in [0.2, 0.25) is 0 Å². The zero-order chi connectivity index (χ0) is 25.7. The van der Waals surface area contributed by atoms with E-state index in [4.69, 9.17) is 4.74 Å². The zero-order valence-corrected chi connectivity index (χ0v) is 21.5. The molecule has 0 radical (unpaired) electrons. The first-order valence-electron chi connectivity index (χ1n) is 13.2. The van der Waals surface area contributed by atoms with Crippen molar-refractivity contribution in [2.24, 2.45) is 0 Å². The van der Waals surface area contributed by atoms with Gasteiger partial charge in [0.15, 0.2) is 0 Å². The number of aromatic hydroxyl groups is 1.